The van der Waals surface area contributed by atoms with Crippen LogP contribution in [-0.4, -0.2) is 5.48 Å². The highest BCUT2D eigenvalue weighted by Gasteiger charge is 1.95. The molecule has 1 aliphatic carbocycles. The van der Waals surface area contributed by atoms with Gasteiger partial charge in [0.15, 0.2) is 0 Å². The molecule has 0 aromatic heterocycles. The second-order valence-corrected chi connectivity index (χ2v) is 2.12. The Morgan fingerprint density at radius 3 is 0.750 bits per heavy atom. The van der Waals surface area contributed by atoms with Crippen LogP contribution in [0.15, 0.2) is 0 Å². The predicted molar refractivity (Wildman–Crippen MR) is 41.6 cm³/mol. The van der Waals surface area contributed by atoms with Crippen LogP contribution in [0.4, 0.5) is 0 Å². The van der Waals surface area contributed by atoms with Crippen LogP contribution in [0.1, 0.15) is 38.5 Å². The zero-order chi connectivity index (χ0) is 4.24. The summed E-state index contributed by atoms with van der Waals surface area (Å²) in [6.07, 6.45) is 9.00. The molecular weight excluding hydrogens is 168 g/mol. The molecule has 0 unspecified atom stereocenters. The Morgan fingerprint density at radius 2 is 0.625 bits per heavy atom. The average molecular weight is 183 g/mol. The molecule has 0 aliphatic heterocycles. The topological polar surface area (TPSA) is 31.5 Å². The lowest BCUT2D eigenvalue weighted by Crippen LogP contribution is -1.85. The largest absolute Gasteiger partial charge is 0.412 e. The van der Waals surface area contributed by atoms with Crippen LogP contribution in [0, 0.1) is 0 Å². The minimum atomic E-state index is 0. The first-order valence-corrected chi connectivity index (χ1v) is 3.00. The molecule has 2 heteroatoms. The Kier molecular flexibility index (Phi) is 10.5. The fourth-order valence-corrected chi connectivity index (χ4v) is 1.06. The minimum Gasteiger partial charge on any atom is -0.412 e. The van der Waals surface area contributed by atoms with E-state index >= 15 is 0 Å². The second kappa shape index (κ2) is 7.44. The van der Waals surface area contributed by atoms with Crippen molar-refractivity contribution in [2.45, 2.75) is 38.5 Å². The van der Waals surface area contributed by atoms with Crippen LogP contribution >= 0.6 is 17.0 Å². The summed E-state index contributed by atoms with van der Waals surface area (Å²) in [7, 11) is 0. The van der Waals surface area contributed by atoms with E-state index in [1.807, 2.05) is 0 Å². The van der Waals surface area contributed by atoms with Gasteiger partial charge in [0, 0.05) is 0 Å². The highest BCUT2D eigenvalue weighted by atomic mass is 79.9. The number of halogens is 1. The molecule has 0 aromatic rings. The lowest BCUT2D eigenvalue weighted by molar-refractivity contribution is 0.504. The number of rotatable bonds is 0. The average Bonchev–Trinajstić information content (AvgIpc) is 1.72. The molecule has 1 fully saturated rings. The van der Waals surface area contributed by atoms with Crippen molar-refractivity contribution in [2.24, 2.45) is 0 Å². The third-order valence-electron chi connectivity index (χ3n) is 1.50. The zero-order valence-electron chi connectivity index (χ0n) is 5.15. The van der Waals surface area contributed by atoms with Gasteiger partial charge in [0.2, 0.25) is 0 Å². The van der Waals surface area contributed by atoms with Crippen molar-refractivity contribution in [3.05, 3.63) is 0 Å². The Morgan fingerprint density at radius 1 is 0.500 bits per heavy atom. The van der Waals surface area contributed by atoms with Gasteiger partial charge < -0.3 is 5.48 Å². The van der Waals surface area contributed by atoms with Gasteiger partial charge in [0.05, 0.1) is 0 Å². The molecule has 0 spiro atoms. The van der Waals surface area contributed by atoms with E-state index in [2.05, 4.69) is 0 Å². The molecule has 0 radical (unpaired) electrons. The molecular formula is C6H15BrO. The SMILES string of the molecule is Br.C1CCCCC1.O. The van der Waals surface area contributed by atoms with Crippen LogP contribution in [0.5, 0.6) is 0 Å². The van der Waals surface area contributed by atoms with E-state index in [9.17, 15) is 0 Å². The van der Waals surface area contributed by atoms with Crippen molar-refractivity contribution in [2.75, 3.05) is 0 Å². The summed E-state index contributed by atoms with van der Waals surface area (Å²) in [5.41, 5.74) is 0. The molecule has 0 bridgehead atoms. The fourth-order valence-electron chi connectivity index (χ4n) is 1.06. The molecule has 1 nitrogen and oxygen atoms in total. The monoisotopic (exact) mass is 182 g/mol. The zero-order valence-corrected chi connectivity index (χ0v) is 6.86. The van der Waals surface area contributed by atoms with Crippen LogP contribution in [0.3, 0.4) is 0 Å². The standard InChI is InChI=1S/C6H12.BrH.H2O/c1-2-4-6-5-3-1;;/h1-6H2;1H;1H2. The molecule has 0 amide bonds. The van der Waals surface area contributed by atoms with Crippen molar-refractivity contribution < 1.29 is 5.48 Å². The Labute approximate surface area is 61.6 Å². The maximum atomic E-state index is 1.50. The van der Waals surface area contributed by atoms with Crippen LogP contribution in [0.2, 0.25) is 0 Å². The summed E-state index contributed by atoms with van der Waals surface area (Å²) in [6, 6.07) is 0. The molecule has 1 aliphatic rings. The third kappa shape index (κ3) is 4.60. The third-order valence-corrected chi connectivity index (χ3v) is 1.50. The maximum absolute atomic E-state index is 1.50. The summed E-state index contributed by atoms with van der Waals surface area (Å²) in [5, 5.41) is 0. The Bertz CT molecular complexity index is 24.0. The molecule has 1 rings (SSSR count). The van der Waals surface area contributed by atoms with Gasteiger partial charge in [-0.05, 0) is 0 Å². The quantitative estimate of drug-likeness (QED) is 0.550. The molecule has 0 saturated heterocycles. The highest BCUT2D eigenvalue weighted by Crippen LogP contribution is 2.15. The van der Waals surface area contributed by atoms with Gasteiger partial charge in [-0.1, -0.05) is 38.5 Å². The predicted octanol–water partition coefficient (Wildman–Crippen LogP) is 2.09. The highest BCUT2D eigenvalue weighted by molar-refractivity contribution is 8.93. The van der Waals surface area contributed by atoms with Crippen LogP contribution < -0.4 is 0 Å². The van der Waals surface area contributed by atoms with Crippen molar-refractivity contribution in [1.82, 2.24) is 0 Å². The number of hydrogen-bond donors (Lipinski definition) is 0. The maximum Gasteiger partial charge on any atom is -0.0533 e. The van der Waals surface area contributed by atoms with Crippen molar-refractivity contribution >= 4 is 17.0 Å². The first-order valence-electron chi connectivity index (χ1n) is 3.00. The summed E-state index contributed by atoms with van der Waals surface area (Å²) >= 11 is 0. The fraction of sp³-hybridized carbons (Fsp3) is 1.00. The first kappa shape index (κ1) is 11.3. The second-order valence-electron chi connectivity index (χ2n) is 2.12. The molecule has 52 valence electrons. The molecule has 2 N–H and O–H groups in total. The van der Waals surface area contributed by atoms with E-state index in [0.29, 0.717) is 0 Å². The van der Waals surface area contributed by atoms with Crippen molar-refractivity contribution in [1.29, 1.82) is 0 Å². The smallest absolute Gasteiger partial charge is 0.0533 e. The first-order chi connectivity index (χ1) is 3.00. The van der Waals surface area contributed by atoms with Gasteiger partial charge in [-0.15, -0.1) is 17.0 Å². The minimum absolute atomic E-state index is 0. The van der Waals surface area contributed by atoms with E-state index < -0.39 is 0 Å². The Balaban J connectivity index is 0. The lowest BCUT2D eigenvalue weighted by Gasteiger charge is -2.05. The molecule has 8 heavy (non-hydrogen) atoms. The summed E-state index contributed by atoms with van der Waals surface area (Å²) in [4.78, 5) is 0. The van der Waals surface area contributed by atoms with Crippen molar-refractivity contribution in [3.8, 4) is 0 Å². The Hall–Kier alpha value is 0.440. The summed E-state index contributed by atoms with van der Waals surface area (Å²) in [6.45, 7) is 0. The van der Waals surface area contributed by atoms with E-state index in [-0.39, 0.29) is 22.5 Å². The van der Waals surface area contributed by atoms with Crippen LogP contribution in [0.25, 0.3) is 0 Å². The molecule has 0 heterocycles. The van der Waals surface area contributed by atoms with E-state index in [0.717, 1.165) is 0 Å². The molecule has 0 aromatic carbocycles. The van der Waals surface area contributed by atoms with Gasteiger partial charge in [-0.3, -0.25) is 0 Å². The van der Waals surface area contributed by atoms with Gasteiger partial charge in [-0.2, -0.15) is 0 Å². The van der Waals surface area contributed by atoms with Gasteiger partial charge in [-0.25, -0.2) is 0 Å². The van der Waals surface area contributed by atoms with Crippen LogP contribution in [-0.2, 0) is 0 Å². The summed E-state index contributed by atoms with van der Waals surface area (Å²) < 4.78 is 0. The van der Waals surface area contributed by atoms with Gasteiger partial charge in [0.25, 0.3) is 0 Å². The van der Waals surface area contributed by atoms with E-state index in [1.165, 1.54) is 38.5 Å². The van der Waals surface area contributed by atoms with Crippen molar-refractivity contribution in [3.63, 3.8) is 0 Å². The van der Waals surface area contributed by atoms with Gasteiger partial charge in [0.1, 0.15) is 0 Å². The normalized spacial score (nSPS) is 18.0. The molecule has 0 atom stereocenters. The summed E-state index contributed by atoms with van der Waals surface area (Å²) in [5.74, 6) is 0. The number of hydrogen-bond acceptors (Lipinski definition) is 0. The van der Waals surface area contributed by atoms with E-state index in [1.54, 1.807) is 0 Å². The van der Waals surface area contributed by atoms with E-state index in [4.69, 9.17) is 0 Å². The molecule has 1 saturated carbocycles. The lowest BCUT2D eigenvalue weighted by atomic mass is 10.0. The van der Waals surface area contributed by atoms with Gasteiger partial charge >= 0.3 is 0 Å².